The highest BCUT2D eigenvalue weighted by Crippen LogP contribution is 2.24. The number of nitrogens with zero attached hydrogens (tertiary/aromatic N) is 3. The number of anilines is 1. The van der Waals surface area contributed by atoms with Crippen molar-refractivity contribution >= 4 is 36.4 Å². The predicted octanol–water partition coefficient (Wildman–Crippen LogP) is 2.80. The average Bonchev–Trinajstić information content (AvgIpc) is 2.98. The van der Waals surface area contributed by atoms with Crippen molar-refractivity contribution in [2.24, 2.45) is 5.73 Å². The van der Waals surface area contributed by atoms with Crippen molar-refractivity contribution in [3.05, 3.63) is 30.1 Å². The topological polar surface area (TPSA) is 85.8 Å². The zero-order valence-corrected chi connectivity index (χ0v) is 15.0. The van der Waals surface area contributed by atoms with Gasteiger partial charge in [-0.1, -0.05) is 0 Å². The molecule has 0 radical (unpaired) electrons. The molecule has 8 heteroatoms. The molecule has 0 unspecified atom stereocenters. The first kappa shape index (κ1) is 20.4. The van der Waals surface area contributed by atoms with Gasteiger partial charge in [0.15, 0.2) is 5.82 Å². The minimum atomic E-state index is -0.00180. The van der Waals surface area contributed by atoms with E-state index in [0.29, 0.717) is 19.4 Å². The third-order valence-corrected chi connectivity index (χ3v) is 3.89. The lowest BCUT2D eigenvalue weighted by atomic mass is 10.1. The number of aromatic nitrogens is 3. The molecule has 24 heavy (non-hydrogen) atoms. The first-order valence-electron chi connectivity index (χ1n) is 7.80. The molecule has 1 aromatic heterocycles. The van der Waals surface area contributed by atoms with Crippen LogP contribution in [0.5, 0.6) is 0 Å². The summed E-state index contributed by atoms with van der Waals surface area (Å²) >= 11 is 0. The van der Waals surface area contributed by atoms with Gasteiger partial charge in [0.25, 0.3) is 0 Å². The minimum Gasteiger partial charge on any atom is -0.330 e. The van der Waals surface area contributed by atoms with E-state index in [2.05, 4.69) is 20.1 Å². The summed E-state index contributed by atoms with van der Waals surface area (Å²) < 4.78 is 2.19. The van der Waals surface area contributed by atoms with Gasteiger partial charge in [0.1, 0.15) is 5.82 Å². The first-order valence-corrected chi connectivity index (χ1v) is 7.80. The fourth-order valence-corrected chi connectivity index (χ4v) is 2.71. The Hall–Kier alpha value is -1.63. The molecule has 0 saturated heterocycles. The van der Waals surface area contributed by atoms with Gasteiger partial charge in [0.2, 0.25) is 5.91 Å². The van der Waals surface area contributed by atoms with Crippen LogP contribution >= 0.6 is 24.8 Å². The summed E-state index contributed by atoms with van der Waals surface area (Å²) in [6.45, 7) is 1.51. The number of benzene rings is 1. The van der Waals surface area contributed by atoms with Gasteiger partial charge in [0.05, 0.1) is 0 Å². The van der Waals surface area contributed by atoms with Crippen LogP contribution in [0.3, 0.4) is 0 Å². The van der Waals surface area contributed by atoms with Crippen molar-refractivity contribution in [2.75, 3.05) is 11.9 Å². The van der Waals surface area contributed by atoms with Crippen LogP contribution in [0.2, 0.25) is 0 Å². The number of fused-ring (bicyclic) bond motifs is 1. The van der Waals surface area contributed by atoms with E-state index in [0.717, 1.165) is 35.9 Å². The zero-order chi connectivity index (χ0) is 15.4. The maximum Gasteiger partial charge on any atom is 0.224 e. The van der Waals surface area contributed by atoms with Crippen LogP contribution in [0.25, 0.3) is 11.4 Å². The predicted molar refractivity (Wildman–Crippen MR) is 99.8 cm³/mol. The monoisotopic (exact) mass is 371 g/mol. The number of aryl methyl sites for hydroxylation is 1. The summed E-state index contributed by atoms with van der Waals surface area (Å²) in [4.78, 5) is 11.7. The second-order valence-corrected chi connectivity index (χ2v) is 5.57. The molecule has 2 heterocycles. The van der Waals surface area contributed by atoms with Gasteiger partial charge in [-0.3, -0.25) is 4.79 Å². The van der Waals surface area contributed by atoms with Gasteiger partial charge < -0.3 is 15.6 Å². The Morgan fingerprint density at radius 1 is 1.17 bits per heavy atom. The molecule has 1 aliphatic heterocycles. The quantitative estimate of drug-likeness (QED) is 0.845. The van der Waals surface area contributed by atoms with E-state index in [9.17, 15) is 4.79 Å². The molecule has 1 aromatic carbocycles. The van der Waals surface area contributed by atoms with Gasteiger partial charge >= 0.3 is 0 Å². The molecule has 0 bridgehead atoms. The van der Waals surface area contributed by atoms with E-state index in [1.54, 1.807) is 0 Å². The van der Waals surface area contributed by atoms with E-state index in [4.69, 9.17) is 5.73 Å². The SMILES string of the molecule is Cl.Cl.NCCCC(=O)Nc1ccc(-c2nnc3n2CCCC3)cc1. The van der Waals surface area contributed by atoms with E-state index in [1.807, 2.05) is 24.3 Å². The molecule has 6 nitrogen and oxygen atoms in total. The Morgan fingerprint density at radius 2 is 1.92 bits per heavy atom. The Kier molecular flexibility index (Phi) is 8.18. The number of carbonyl (C=O) groups is 1. The molecule has 3 rings (SSSR count). The van der Waals surface area contributed by atoms with E-state index in [-0.39, 0.29) is 30.7 Å². The summed E-state index contributed by atoms with van der Waals surface area (Å²) in [6, 6.07) is 7.76. The van der Waals surface area contributed by atoms with Crippen molar-refractivity contribution in [3.63, 3.8) is 0 Å². The number of nitrogens with one attached hydrogen (secondary N) is 1. The highest BCUT2D eigenvalue weighted by molar-refractivity contribution is 5.90. The lowest BCUT2D eigenvalue weighted by Gasteiger charge is -2.14. The zero-order valence-electron chi connectivity index (χ0n) is 13.4. The van der Waals surface area contributed by atoms with Gasteiger partial charge in [-0.2, -0.15) is 0 Å². The molecule has 0 spiro atoms. The Balaban J connectivity index is 0.00000144. The fraction of sp³-hybridized carbons (Fsp3) is 0.438. The summed E-state index contributed by atoms with van der Waals surface area (Å²) in [5.74, 6) is 1.98. The van der Waals surface area contributed by atoms with Crippen molar-refractivity contribution in [1.29, 1.82) is 0 Å². The molecular weight excluding hydrogens is 349 g/mol. The first-order chi connectivity index (χ1) is 10.8. The Bertz CT molecular complexity index is 657. The normalized spacial score (nSPS) is 12.5. The molecule has 2 aromatic rings. The number of halogens is 2. The third kappa shape index (κ3) is 4.69. The fourth-order valence-electron chi connectivity index (χ4n) is 2.71. The third-order valence-electron chi connectivity index (χ3n) is 3.89. The van der Waals surface area contributed by atoms with E-state index < -0.39 is 0 Å². The maximum absolute atomic E-state index is 11.7. The summed E-state index contributed by atoms with van der Waals surface area (Å²) in [7, 11) is 0. The Labute approximate surface area is 154 Å². The molecule has 0 atom stereocenters. The number of nitrogens with two attached hydrogens (primary N) is 1. The molecular formula is C16H23Cl2N5O. The van der Waals surface area contributed by atoms with E-state index in [1.165, 1.54) is 12.8 Å². The van der Waals surface area contributed by atoms with Crippen LogP contribution in [0, 0.1) is 0 Å². The molecule has 1 amide bonds. The average molecular weight is 372 g/mol. The highest BCUT2D eigenvalue weighted by Gasteiger charge is 2.16. The Morgan fingerprint density at radius 3 is 2.62 bits per heavy atom. The minimum absolute atomic E-state index is 0. The number of rotatable bonds is 5. The van der Waals surface area contributed by atoms with Crippen molar-refractivity contribution < 1.29 is 4.79 Å². The number of hydrogen-bond acceptors (Lipinski definition) is 4. The van der Waals surface area contributed by atoms with Crippen LogP contribution in [0.1, 0.15) is 31.5 Å². The molecule has 132 valence electrons. The summed E-state index contributed by atoms with van der Waals surface area (Å²) in [6.07, 6.45) is 4.52. The van der Waals surface area contributed by atoms with Crippen LogP contribution in [0.15, 0.2) is 24.3 Å². The molecule has 0 aliphatic carbocycles. The second kappa shape index (κ2) is 9.61. The van der Waals surface area contributed by atoms with E-state index >= 15 is 0 Å². The summed E-state index contributed by atoms with van der Waals surface area (Å²) in [5, 5.41) is 11.5. The number of amides is 1. The molecule has 0 fully saturated rings. The standard InChI is InChI=1S/C16H21N5O.2ClH/c17-10-3-5-15(22)18-13-8-6-12(7-9-13)16-20-19-14-4-1-2-11-21(14)16;;/h6-9H,1-5,10-11,17H2,(H,18,22);2*1H. The highest BCUT2D eigenvalue weighted by atomic mass is 35.5. The van der Waals surface area contributed by atoms with Crippen LogP contribution in [-0.2, 0) is 17.8 Å². The van der Waals surface area contributed by atoms with Crippen LogP contribution in [0.4, 0.5) is 5.69 Å². The smallest absolute Gasteiger partial charge is 0.224 e. The lowest BCUT2D eigenvalue weighted by Crippen LogP contribution is -2.13. The number of carbonyl (C=O) groups excluding carboxylic acids is 1. The maximum atomic E-state index is 11.7. The van der Waals surface area contributed by atoms with Crippen molar-refractivity contribution in [2.45, 2.75) is 38.6 Å². The molecule has 3 N–H and O–H groups in total. The van der Waals surface area contributed by atoms with Gasteiger partial charge in [0, 0.05) is 30.6 Å². The van der Waals surface area contributed by atoms with Gasteiger partial charge in [-0.15, -0.1) is 35.0 Å². The molecule has 0 saturated carbocycles. The van der Waals surface area contributed by atoms with Gasteiger partial charge in [-0.05, 0) is 50.1 Å². The van der Waals surface area contributed by atoms with Crippen molar-refractivity contribution in [3.8, 4) is 11.4 Å². The largest absolute Gasteiger partial charge is 0.330 e. The van der Waals surface area contributed by atoms with Gasteiger partial charge in [-0.25, -0.2) is 0 Å². The second-order valence-electron chi connectivity index (χ2n) is 5.57. The summed E-state index contributed by atoms with van der Waals surface area (Å²) in [5.41, 5.74) is 7.23. The van der Waals surface area contributed by atoms with Crippen molar-refractivity contribution in [1.82, 2.24) is 14.8 Å². The lowest BCUT2D eigenvalue weighted by molar-refractivity contribution is -0.116. The number of hydrogen-bond donors (Lipinski definition) is 2. The van der Waals surface area contributed by atoms with Crippen LogP contribution in [-0.4, -0.2) is 27.2 Å². The van der Waals surface area contributed by atoms with Crippen LogP contribution < -0.4 is 11.1 Å². The molecule has 1 aliphatic rings.